The second-order valence-electron chi connectivity index (χ2n) is 6.36. The number of morpholine rings is 1. The van der Waals surface area contributed by atoms with Crippen molar-refractivity contribution in [3.63, 3.8) is 0 Å². The number of pyridine rings is 1. The second-order valence-corrected chi connectivity index (χ2v) is 6.36. The van der Waals surface area contributed by atoms with Crippen LogP contribution in [0, 0.1) is 0 Å². The number of aromatic nitrogens is 1. The van der Waals surface area contributed by atoms with E-state index in [1.807, 2.05) is 18.2 Å². The average Bonchev–Trinajstić information content (AvgIpc) is 2.69. The van der Waals surface area contributed by atoms with Crippen molar-refractivity contribution in [1.82, 2.24) is 14.8 Å². The van der Waals surface area contributed by atoms with Crippen molar-refractivity contribution in [2.75, 3.05) is 32.8 Å². The molecule has 1 atom stereocenters. The largest absolute Gasteiger partial charge is 0.379 e. The zero-order valence-electron chi connectivity index (χ0n) is 14.8. The van der Waals surface area contributed by atoms with Gasteiger partial charge in [0, 0.05) is 44.9 Å². The Bertz CT molecular complexity index is 754. The predicted molar refractivity (Wildman–Crippen MR) is 99.9 cm³/mol. The van der Waals surface area contributed by atoms with E-state index in [1.165, 1.54) is 11.6 Å². The number of benzene rings is 1. The van der Waals surface area contributed by atoms with Crippen molar-refractivity contribution in [2.24, 2.45) is 0 Å². The van der Waals surface area contributed by atoms with E-state index in [0.717, 1.165) is 13.1 Å². The summed E-state index contributed by atoms with van der Waals surface area (Å²) in [4.78, 5) is 26.3. The molecule has 0 spiro atoms. The first kappa shape index (κ1) is 18.4. The molecule has 6 heteroatoms. The fourth-order valence-corrected chi connectivity index (χ4v) is 3.19. The van der Waals surface area contributed by atoms with Crippen LogP contribution >= 0.6 is 0 Å². The Labute approximate surface area is 153 Å². The van der Waals surface area contributed by atoms with Crippen molar-refractivity contribution < 1.29 is 9.53 Å². The van der Waals surface area contributed by atoms with Crippen LogP contribution in [-0.4, -0.2) is 48.2 Å². The number of nitrogens with zero attached hydrogens (tertiary/aromatic N) is 2. The van der Waals surface area contributed by atoms with E-state index >= 15 is 0 Å². The average molecular weight is 355 g/mol. The second kappa shape index (κ2) is 9.31. The third-order valence-electron chi connectivity index (χ3n) is 4.64. The number of hydrogen-bond acceptors (Lipinski definition) is 4. The molecular weight excluding hydrogens is 330 g/mol. The van der Waals surface area contributed by atoms with Crippen molar-refractivity contribution in [3.8, 4) is 0 Å². The summed E-state index contributed by atoms with van der Waals surface area (Å²) in [5.74, 6) is -0.0463. The van der Waals surface area contributed by atoms with Gasteiger partial charge in [-0.2, -0.15) is 0 Å². The fraction of sp³-hybridized carbons (Fsp3) is 0.400. The highest BCUT2D eigenvalue weighted by atomic mass is 16.5. The Morgan fingerprint density at radius 3 is 2.54 bits per heavy atom. The molecule has 3 rings (SSSR count). The van der Waals surface area contributed by atoms with Crippen LogP contribution in [0.1, 0.15) is 18.0 Å². The van der Waals surface area contributed by atoms with Gasteiger partial charge in [-0.15, -0.1) is 0 Å². The summed E-state index contributed by atoms with van der Waals surface area (Å²) in [6.07, 6.45) is 1.99. The normalized spacial score (nSPS) is 16.2. The van der Waals surface area contributed by atoms with Crippen LogP contribution in [0.25, 0.3) is 0 Å². The van der Waals surface area contributed by atoms with E-state index in [1.54, 1.807) is 22.9 Å². The molecule has 0 bridgehead atoms. The van der Waals surface area contributed by atoms with E-state index in [4.69, 9.17) is 4.74 Å². The monoisotopic (exact) mass is 355 g/mol. The lowest BCUT2D eigenvalue weighted by molar-refractivity contribution is -0.121. The molecule has 2 aromatic rings. The van der Waals surface area contributed by atoms with Gasteiger partial charge in [0.1, 0.15) is 0 Å². The van der Waals surface area contributed by atoms with Crippen LogP contribution in [0.4, 0.5) is 0 Å². The Morgan fingerprint density at radius 1 is 1.08 bits per heavy atom. The van der Waals surface area contributed by atoms with Crippen LogP contribution in [0.5, 0.6) is 0 Å². The molecule has 1 aromatic heterocycles. The van der Waals surface area contributed by atoms with E-state index in [2.05, 4.69) is 22.3 Å². The van der Waals surface area contributed by atoms with Crippen molar-refractivity contribution in [3.05, 3.63) is 70.6 Å². The summed E-state index contributed by atoms with van der Waals surface area (Å²) in [5, 5.41) is 3.03. The number of amides is 1. The maximum absolute atomic E-state index is 12.3. The highest BCUT2D eigenvalue weighted by Crippen LogP contribution is 2.21. The van der Waals surface area contributed by atoms with Gasteiger partial charge in [-0.05, 0) is 11.6 Å². The number of nitrogens with one attached hydrogen (secondary N) is 1. The zero-order chi connectivity index (χ0) is 18.2. The molecular formula is C20H25N3O3. The molecule has 138 valence electrons. The summed E-state index contributed by atoms with van der Waals surface area (Å²) in [5.41, 5.74) is 1.10. The summed E-state index contributed by atoms with van der Waals surface area (Å²) < 4.78 is 7.00. The molecule has 6 nitrogen and oxygen atoms in total. The first-order valence-corrected chi connectivity index (χ1v) is 9.03. The lowest BCUT2D eigenvalue weighted by Crippen LogP contribution is -2.44. The maximum atomic E-state index is 12.3. The van der Waals surface area contributed by atoms with Crippen LogP contribution in [0.3, 0.4) is 0 Å². The summed E-state index contributed by atoms with van der Waals surface area (Å²) >= 11 is 0. The van der Waals surface area contributed by atoms with E-state index in [-0.39, 0.29) is 23.9 Å². The molecule has 2 heterocycles. The molecule has 1 N–H and O–H groups in total. The number of carbonyl (C=O) groups is 1. The van der Waals surface area contributed by atoms with Gasteiger partial charge in [-0.25, -0.2) is 0 Å². The molecule has 26 heavy (non-hydrogen) atoms. The lowest BCUT2D eigenvalue weighted by Gasteiger charge is -2.35. The predicted octanol–water partition coefficient (Wildman–Crippen LogP) is 1.43. The summed E-state index contributed by atoms with van der Waals surface area (Å²) in [6.45, 7) is 4.08. The minimum atomic E-state index is -0.0872. The third-order valence-corrected chi connectivity index (χ3v) is 4.64. The molecule has 1 aliphatic rings. The molecule has 1 saturated heterocycles. The molecule has 0 saturated carbocycles. The molecule has 0 aliphatic carbocycles. The Balaban J connectivity index is 1.57. The zero-order valence-corrected chi connectivity index (χ0v) is 14.8. The van der Waals surface area contributed by atoms with Gasteiger partial charge < -0.3 is 14.6 Å². The number of ether oxygens (including phenoxy) is 1. The Kier molecular flexibility index (Phi) is 6.57. The molecule has 1 amide bonds. The number of hydrogen-bond donors (Lipinski definition) is 1. The van der Waals surface area contributed by atoms with E-state index in [9.17, 15) is 9.59 Å². The number of aryl methyl sites for hydroxylation is 1. The Morgan fingerprint density at radius 2 is 1.81 bits per heavy atom. The van der Waals surface area contributed by atoms with Crippen molar-refractivity contribution in [1.29, 1.82) is 0 Å². The van der Waals surface area contributed by atoms with Crippen LogP contribution < -0.4 is 10.9 Å². The highest BCUT2D eigenvalue weighted by molar-refractivity contribution is 5.75. The number of rotatable bonds is 7. The Hall–Kier alpha value is -2.44. The molecule has 1 aromatic carbocycles. The topological polar surface area (TPSA) is 63.6 Å². The van der Waals surface area contributed by atoms with Gasteiger partial charge >= 0.3 is 0 Å². The summed E-state index contributed by atoms with van der Waals surface area (Å²) in [7, 11) is 0. The first-order valence-electron chi connectivity index (χ1n) is 9.03. The molecule has 1 unspecified atom stereocenters. The van der Waals surface area contributed by atoms with Gasteiger partial charge in [0.2, 0.25) is 5.91 Å². The highest BCUT2D eigenvalue weighted by Gasteiger charge is 2.22. The standard InChI is InChI=1S/C20H25N3O3/c24-19(9-11-23-10-5-4-8-20(23)25)21-16-18(17-6-2-1-3-7-17)22-12-14-26-15-13-22/h1-8,10,18H,9,11-16H2,(H,21,24). The van der Waals surface area contributed by atoms with Crippen LogP contribution in [0.2, 0.25) is 0 Å². The third kappa shape index (κ3) is 5.03. The lowest BCUT2D eigenvalue weighted by atomic mass is 10.0. The smallest absolute Gasteiger partial charge is 0.250 e. The van der Waals surface area contributed by atoms with Crippen LogP contribution in [0.15, 0.2) is 59.5 Å². The van der Waals surface area contributed by atoms with E-state index in [0.29, 0.717) is 26.3 Å². The maximum Gasteiger partial charge on any atom is 0.250 e. The van der Waals surface area contributed by atoms with E-state index < -0.39 is 0 Å². The fourth-order valence-electron chi connectivity index (χ4n) is 3.19. The SMILES string of the molecule is O=C(CCn1ccccc1=O)NCC(c1ccccc1)N1CCOCC1. The van der Waals surface area contributed by atoms with Gasteiger partial charge in [-0.3, -0.25) is 14.5 Å². The minimum absolute atomic E-state index is 0.0463. The number of carbonyl (C=O) groups excluding carboxylic acids is 1. The first-order chi connectivity index (χ1) is 12.7. The van der Waals surface area contributed by atoms with Gasteiger partial charge in [0.05, 0.1) is 19.3 Å². The molecule has 0 radical (unpaired) electrons. The van der Waals surface area contributed by atoms with Gasteiger partial charge in [-0.1, -0.05) is 36.4 Å². The van der Waals surface area contributed by atoms with Crippen molar-refractivity contribution >= 4 is 5.91 Å². The quantitative estimate of drug-likeness (QED) is 0.816. The molecule has 1 fully saturated rings. The molecule has 1 aliphatic heterocycles. The van der Waals surface area contributed by atoms with Crippen LogP contribution in [-0.2, 0) is 16.1 Å². The summed E-state index contributed by atoms with van der Waals surface area (Å²) in [6, 6.07) is 15.3. The minimum Gasteiger partial charge on any atom is -0.379 e. The van der Waals surface area contributed by atoms with Crippen molar-refractivity contribution in [2.45, 2.75) is 19.0 Å². The van der Waals surface area contributed by atoms with Gasteiger partial charge in [0.15, 0.2) is 0 Å². The van der Waals surface area contributed by atoms with Gasteiger partial charge in [0.25, 0.3) is 5.56 Å².